The molecule has 1 atom stereocenters. The van der Waals surface area contributed by atoms with E-state index in [0.717, 1.165) is 16.3 Å². The standard InChI is InChI=1S/C14H16N4O3S/c1-16(2)10-5-3-9(4-6-10)13-17(12(20)8-22-13)18-11(19)7-15-14(18)21/h3-6,13H,7-8H2,1-2H3,(H,15,21)/t13-/m0/s1. The molecule has 0 bridgehead atoms. The second-order valence-corrected chi connectivity index (χ2v) is 6.32. The molecule has 1 aromatic carbocycles. The predicted octanol–water partition coefficient (Wildman–Crippen LogP) is 0.793. The average molecular weight is 320 g/mol. The zero-order chi connectivity index (χ0) is 15.9. The van der Waals surface area contributed by atoms with Crippen LogP contribution in [0.1, 0.15) is 10.9 Å². The lowest BCUT2D eigenvalue weighted by Crippen LogP contribution is -2.48. The van der Waals surface area contributed by atoms with E-state index in [-0.39, 0.29) is 23.6 Å². The maximum Gasteiger partial charge on any atom is 0.344 e. The Morgan fingerprint density at radius 3 is 2.36 bits per heavy atom. The lowest BCUT2D eigenvalue weighted by molar-refractivity contribution is -0.152. The number of nitrogens with zero attached hydrogens (tertiary/aromatic N) is 3. The van der Waals surface area contributed by atoms with Crippen LogP contribution in [0.3, 0.4) is 0 Å². The fourth-order valence-corrected chi connectivity index (χ4v) is 3.58. The fourth-order valence-electron chi connectivity index (χ4n) is 2.44. The first kappa shape index (κ1) is 14.7. The van der Waals surface area contributed by atoms with Gasteiger partial charge in [-0.2, -0.15) is 5.01 Å². The number of amides is 4. The van der Waals surface area contributed by atoms with Gasteiger partial charge in [0.1, 0.15) is 11.9 Å². The van der Waals surface area contributed by atoms with Crippen LogP contribution in [0.2, 0.25) is 0 Å². The Kier molecular flexibility index (Phi) is 3.69. The second kappa shape index (κ2) is 5.53. The van der Waals surface area contributed by atoms with Gasteiger partial charge in [0.15, 0.2) is 0 Å². The summed E-state index contributed by atoms with van der Waals surface area (Å²) in [4.78, 5) is 37.8. The molecule has 22 heavy (non-hydrogen) atoms. The van der Waals surface area contributed by atoms with Crippen LogP contribution >= 0.6 is 11.8 Å². The van der Waals surface area contributed by atoms with Crippen LogP contribution in [0.4, 0.5) is 10.5 Å². The zero-order valence-corrected chi connectivity index (χ0v) is 13.1. The summed E-state index contributed by atoms with van der Waals surface area (Å²) in [5, 5.41) is 4.26. The lowest BCUT2D eigenvalue weighted by atomic mass is 10.2. The zero-order valence-electron chi connectivity index (χ0n) is 12.3. The largest absolute Gasteiger partial charge is 0.378 e. The smallest absolute Gasteiger partial charge is 0.344 e. The average Bonchev–Trinajstić information content (AvgIpc) is 3.02. The molecule has 0 aliphatic carbocycles. The molecule has 2 aliphatic heterocycles. The predicted molar refractivity (Wildman–Crippen MR) is 83.1 cm³/mol. The van der Waals surface area contributed by atoms with Crippen molar-refractivity contribution >= 4 is 35.3 Å². The quantitative estimate of drug-likeness (QED) is 0.834. The number of hydrogen-bond donors (Lipinski definition) is 1. The third-order valence-corrected chi connectivity index (χ3v) is 4.77. The minimum atomic E-state index is -0.546. The van der Waals surface area contributed by atoms with Crippen LogP contribution in [0.5, 0.6) is 0 Å². The van der Waals surface area contributed by atoms with E-state index in [2.05, 4.69) is 5.32 Å². The third kappa shape index (κ3) is 2.39. The number of urea groups is 1. The van der Waals surface area contributed by atoms with E-state index < -0.39 is 11.9 Å². The highest BCUT2D eigenvalue weighted by molar-refractivity contribution is 8.00. The van der Waals surface area contributed by atoms with E-state index >= 15 is 0 Å². The van der Waals surface area contributed by atoms with E-state index in [9.17, 15) is 14.4 Å². The molecule has 1 N–H and O–H groups in total. The van der Waals surface area contributed by atoms with Gasteiger partial charge < -0.3 is 10.2 Å². The van der Waals surface area contributed by atoms with Crippen molar-refractivity contribution < 1.29 is 14.4 Å². The van der Waals surface area contributed by atoms with Gasteiger partial charge in [0.2, 0.25) is 0 Å². The van der Waals surface area contributed by atoms with Gasteiger partial charge in [0.05, 0.1) is 5.75 Å². The highest BCUT2D eigenvalue weighted by Crippen LogP contribution is 2.40. The van der Waals surface area contributed by atoms with Crippen molar-refractivity contribution in [1.29, 1.82) is 0 Å². The molecule has 3 rings (SSSR count). The Hall–Kier alpha value is -2.22. The van der Waals surface area contributed by atoms with Gasteiger partial charge in [-0.25, -0.2) is 9.80 Å². The van der Waals surface area contributed by atoms with Crippen molar-refractivity contribution in [3.63, 3.8) is 0 Å². The molecule has 2 aliphatic rings. The summed E-state index contributed by atoms with van der Waals surface area (Å²) in [5.41, 5.74) is 1.92. The molecule has 0 unspecified atom stereocenters. The number of benzene rings is 1. The first-order valence-electron chi connectivity index (χ1n) is 6.80. The van der Waals surface area contributed by atoms with Crippen molar-refractivity contribution in [2.45, 2.75) is 5.37 Å². The lowest BCUT2D eigenvalue weighted by Gasteiger charge is -2.30. The minimum Gasteiger partial charge on any atom is -0.378 e. The maximum atomic E-state index is 12.1. The molecule has 8 heteroatoms. The monoisotopic (exact) mass is 320 g/mol. The third-order valence-electron chi connectivity index (χ3n) is 3.57. The summed E-state index contributed by atoms with van der Waals surface area (Å²) in [6.07, 6.45) is 0. The number of imide groups is 1. The van der Waals surface area contributed by atoms with Crippen LogP contribution in [-0.4, -0.2) is 54.3 Å². The molecule has 2 saturated heterocycles. The molecule has 0 radical (unpaired) electrons. The van der Waals surface area contributed by atoms with Crippen molar-refractivity contribution in [2.24, 2.45) is 0 Å². The van der Waals surface area contributed by atoms with Crippen molar-refractivity contribution in [3.05, 3.63) is 29.8 Å². The minimum absolute atomic E-state index is 0.0699. The molecule has 0 aromatic heterocycles. The molecule has 1 aromatic rings. The number of carbonyl (C=O) groups is 3. The van der Waals surface area contributed by atoms with Gasteiger partial charge in [0, 0.05) is 19.8 Å². The molecular formula is C14H16N4O3S. The molecule has 116 valence electrons. The summed E-state index contributed by atoms with van der Waals surface area (Å²) in [6.45, 7) is -0.0699. The summed E-state index contributed by atoms with van der Waals surface area (Å²) in [7, 11) is 3.89. The normalized spacial score (nSPS) is 21.5. The van der Waals surface area contributed by atoms with Crippen molar-refractivity contribution in [1.82, 2.24) is 15.3 Å². The van der Waals surface area contributed by atoms with E-state index in [0.29, 0.717) is 0 Å². The Balaban J connectivity index is 1.90. The van der Waals surface area contributed by atoms with Crippen LogP contribution < -0.4 is 10.2 Å². The summed E-state index contributed by atoms with van der Waals surface area (Å²) < 4.78 is 0. The Morgan fingerprint density at radius 1 is 1.14 bits per heavy atom. The first-order chi connectivity index (χ1) is 10.5. The Labute approximate surface area is 132 Å². The van der Waals surface area contributed by atoms with Crippen LogP contribution in [0.25, 0.3) is 0 Å². The van der Waals surface area contributed by atoms with Gasteiger partial charge >= 0.3 is 6.03 Å². The van der Waals surface area contributed by atoms with E-state index in [4.69, 9.17) is 0 Å². The molecule has 7 nitrogen and oxygen atoms in total. The van der Waals surface area contributed by atoms with E-state index in [1.54, 1.807) is 0 Å². The van der Waals surface area contributed by atoms with Crippen LogP contribution in [-0.2, 0) is 9.59 Å². The molecule has 4 amide bonds. The second-order valence-electron chi connectivity index (χ2n) is 5.25. The number of carbonyl (C=O) groups excluding carboxylic acids is 3. The molecule has 2 fully saturated rings. The summed E-state index contributed by atoms with van der Waals surface area (Å²) in [6, 6.07) is 7.18. The van der Waals surface area contributed by atoms with Gasteiger partial charge in [-0.1, -0.05) is 12.1 Å². The molecular weight excluding hydrogens is 304 g/mol. The van der Waals surface area contributed by atoms with Crippen molar-refractivity contribution in [3.8, 4) is 0 Å². The van der Waals surface area contributed by atoms with Gasteiger partial charge in [-0.05, 0) is 17.7 Å². The SMILES string of the molecule is CN(C)c1ccc([C@@H]2SCC(=O)N2N2C(=O)CNC2=O)cc1. The van der Waals surface area contributed by atoms with Gasteiger partial charge in [-0.15, -0.1) is 11.8 Å². The van der Waals surface area contributed by atoms with Gasteiger partial charge in [0.25, 0.3) is 11.8 Å². The molecule has 2 heterocycles. The highest BCUT2D eigenvalue weighted by Gasteiger charge is 2.44. The molecule has 0 spiro atoms. The summed E-state index contributed by atoms with van der Waals surface area (Å²) in [5.74, 6) is -0.398. The summed E-state index contributed by atoms with van der Waals surface area (Å²) >= 11 is 1.41. The Morgan fingerprint density at radius 2 is 1.82 bits per heavy atom. The number of nitrogens with one attached hydrogen (secondary N) is 1. The molecule has 0 saturated carbocycles. The number of hydrazine groups is 1. The van der Waals surface area contributed by atoms with E-state index in [1.807, 2.05) is 43.3 Å². The number of hydrogen-bond acceptors (Lipinski definition) is 5. The first-order valence-corrected chi connectivity index (χ1v) is 7.85. The number of anilines is 1. The van der Waals surface area contributed by atoms with Gasteiger partial charge in [-0.3, -0.25) is 9.59 Å². The van der Waals surface area contributed by atoms with E-state index in [1.165, 1.54) is 16.8 Å². The number of rotatable bonds is 3. The Bertz CT molecular complexity index is 615. The van der Waals surface area contributed by atoms with Crippen LogP contribution in [0, 0.1) is 0 Å². The van der Waals surface area contributed by atoms with Crippen LogP contribution in [0.15, 0.2) is 24.3 Å². The van der Waals surface area contributed by atoms with Crippen molar-refractivity contribution in [2.75, 3.05) is 31.3 Å². The highest BCUT2D eigenvalue weighted by atomic mass is 32.2. The topological polar surface area (TPSA) is 73.0 Å². The number of thioether (sulfide) groups is 1. The maximum absolute atomic E-state index is 12.1. The fraction of sp³-hybridized carbons (Fsp3) is 0.357.